The van der Waals surface area contributed by atoms with Gasteiger partial charge in [0, 0.05) is 10.8 Å². The van der Waals surface area contributed by atoms with Gasteiger partial charge >= 0.3 is 12.4 Å². The van der Waals surface area contributed by atoms with Crippen LogP contribution in [0.3, 0.4) is 0 Å². The molecule has 5 aromatic carbocycles. The highest BCUT2D eigenvalue weighted by Crippen LogP contribution is 2.42. The lowest BCUT2D eigenvalue weighted by molar-refractivity contribution is -0.143. The lowest BCUT2D eigenvalue weighted by Crippen LogP contribution is -2.31. The molecule has 0 atom stereocenters. The third-order valence-corrected chi connectivity index (χ3v) is 8.59. The number of benzene rings is 5. The summed E-state index contributed by atoms with van der Waals surface area (Å²) < 4.78 is 84.0. The average molecular weight is 643 g/mol. The molecule has 2 heterocycles. The van der Waals surface area contributed by atoms with E-state index in [2.05, 4.69) is 0 Å². The Hall–Kier alpha value is -5.38. The van der Waals surface area contributed by atoms with Gasteiger partial charge in [-0.15, -0.1) is 0 Å². The summed E-state index contributed by atoms with van der Waals surface area (Å²) in [6.45, 7) is 5.57. The second-order valence-electron chi connectivity index (χ2n) is 11.8. The molecule has 4 nitrogen and oxygen atoms in total. The van der Waals surface area contributed by atoms with Crippen LogP contribution in [0, 0.1) is 20.8 Å². The number of para-hydroxylation sites is 1. The number of halogens is 6. The van der Waals surface area contributed by atoms with Gasteiger partial charge < -0.3 is 4.57 Å². The number of amides is 2. The molecular formula is C37H24F6N2O2. The van der Waals surface area contributed by atoms with Gasteiger partial charge in [0.2, 0.25) is 0 Å². The number of alkyl halides is 6. The lowest BCUT2D eigenvalue weighted by Gasteiger charge is -2.20. The Morgan fingerprint density at radius 1 is 0.574 bits per heavy atom. The van der Waals surface area contributed by atoms with Crippen LogP contribution in [0.4, 0.5) is 32.0 Å². The molecular weight excluding hydrogens is 618 g/mol. The van der Waals surface area contributed by atoms with Gasteiger partial charge in [0.05, 0.1) is 44.7 Å². The Bertz CT molecular complexity index is 2260. The normalized spacial score (nSPS) is 13.7. The molecule has 7 rings (SSSR count). The van der Waals surface area contributed by atoms with E-state index in [4.69, 9.17) is 0 Å². The van der Waals surface area contributed by atoms with Crippen molar-refractivity contribution in [3.8, 4) is 16.8 Å². The summed E-state index contributed by atoms with van der Waals surface area (Å²) in [4.78, 5) is 29.2. The first-order valence-corrected chi connectivity index (χ1v) is 14.6. The zero-order chi connectivity index (χ0) is 33.6. The fraction of sp³-hybridized carbons (Fsp3) is 0.135. The van der Waals surface area contributed by atoms with E-state index in [1.165, 1.54) is 17.0 Å². The van der Waals surface area contributed by atoms with E-state index in [1.807, 2.05) is 39.0 Å². The van der Waals surface area contributed by atoms with E-state index in [1.54, 1.807) is 47.0 Å². The van der Waals surface area contributed by atoms with Crippen molar-refractivity contribution in [1.82, 2.24) is 4.57 Å². The number of hydrogen-bond donors (Lipinski definition) is 0. The maximum atomic E-state index is 14.2. The molecule has 0 N–H and O–H groups in total. The SMILES string of the molecule is Cc1cc(C)c(N2C(=O)c3cccc(-n4c5ccccc5c5ccc(-c6cc(C(F)(F)F)cc(C(F)(F)F)c6)cc54)c3C2=O)c(C)c1. The predicted octanol–water partition coefficient (Wildman–Crippen LogP) is 10.2. The van der Waals surface area contributed by atoms with Crippen LogP contribution in [0.5, 0.6) is 0 Å². The van der Waals surface area contributed by atoms with E-state index < -0.39 is 35.3 Å². The van der Waals surface area contributed by atoms with Gasteiger partial charge in [-0.1, -0.05) is 54.1 Å². The minimum absolute atomic E-state index is 0.0954. The van der Waals surface area contributed by atoms with Crippen molar-refractivity contribution in [2.24, 2.45) is 0 Å². The first-order valence-electron chi connectivity index (χ1n) is 14.6. The summed E-state index contributed by atoms with van der Waals surface area (Å²) in [5.41, 5.74) is 1.71. The van der Waals surface area contributed by atoms with Gasteiger partial charge in [0.25, 0.3) is 11.8 Å². The topological polar surface area (TPSA) is 42.3 Å². The number of rotatable bonds is 3. The maximum Gasteiger partial charge on any atom is 0.416 e. The van der Waals surface area contributed by atoms with Crippen LogP contribution in [0.25, 0.3) is 38.6 Å². The van der Waals surface area contributed by atoms with Gasteiger partial charge in [0.15, 0.2) is 0 Å². The fourth-order valence-electron chi connectivity index (χ4n) is 6.71. The summed E-state index contributed by atoms with van der Waals surface area (Å²) in [5, 5.41) is 1.40. The molecule has 2 amide bonds. The van der Waals surface area contributed by atoms with E-state index in [0.29, 0.717) is 39.9 Å². The number of anilines is 1. The van der Waals surface area contributed by atoms with Crippen LogP contribution in [-0.2, 0) is 12.4 Å². The monoisotopic (exact) mass is 642 g/mol. The van der Waals surface area contributed by atoms with Crippen molar-refractivity contribution < 1.29 is 35.9 Å². The van der Waals surface area contributed by atoms with E-state index in [0.717, 1.165) is 22.1 Å². The molecule has 47 heavy (non-hydrogen) atoms. The molecule has 1 aliphatic heterocycles. The molecule has 0 radical (unpaired) electrons. The molecule has 0 saturated heterocycles. The minimum Gasteiger partial charge on any atom is -0.308 e. The largest absolute Gasteiger partial charge is 0.416 e. The highest BCUT2D eigenvalue weighted by molar-refractivity contribution is 6.36. The van der Waals surface area contributed by atoms with Gasteiger partial charge in [0.1, 0.15) is 0 Å². The fourth-order valence-corrected chi connectivity index (χ4v) is 6.71. The Labute approximate surface area is 264 Å². The summed E-state index contributed by atoms with van der Waals surface area (Å²) >= 11 is 0. The Morgan fingerprint density at radius 2 is 1.19 bits per heavy atom. The minimum atomic E-state index is -5.01. The quantitative estimate of drug-likeness (QED) is 0.142. The zero-order valence-electron chi connectivity index (χ0n) is 25.1. The maximum absolute atomic E-state index is 14.2. The van der Waals surface area contributed by atoms with Crippen LogP contribution in [0.1, 0.15) is 48.5 Å². The van der Waals surface area contributed by atoms with Crippen molar-refractivity contribution in [1.29, 1.82) is 0 Å². The first kappa shape index (κ1) is 30.3. The van der Waals surface area contributed by atoms with Crippen LogP contribution in [-0.4, -0.2) is 16.4 Å². The van der Waals surface area contributed by atoms with E-state index >= 15 is 0 Å². The van der Waals surface area contributed by atoms with Gasteiger partial charge in [-0.2, -0.15) is 26.3 Å². The second-order valence-corrected chi connectivity index (χ2v) is 11.8. The number of aryl methyl sites for hydroxylation is 3. The summed E-state index contributed by atoms with van der Waals surface area (Å²) in [5.74, 6) is -1.03. The number of aromatic nitrogens is 1. The predicted molar refractivity (Wildman–Crippen MR) is 168 cm³/mol. The molecule has 0 aliphatic carbocycles. The molecule has 236 valence electrons. The third-order valence-electron chi connectivity index (χ3n) is 8.59. The molecule has 0 saturated carbocycles. The van der Waals surface area contributed by atoms with Crippen molar-refractivity contribution in [2.75, 3.05) is 4.90 Å². The lowest BCUT2D eigenvalue weighted by atomic mass is 9.98. The van der Waals surface area contributed by atoms with Crippen LogP contribution in [0.2, 0.25) is 0 Å². The van der Waals surface area contributed by atoms with Crippen LogP contribution >= 0.6 is 0 Å². The first-order chi connectivity index (χ1) is 22.1. The number of carbonyl (C=O) groups is 2. The van der Waals surface area contributed by atoms with Crippen molar-refractivity contribution in [3.63, 3.8) is 0 Å². The molecule has 0 unspecified atom stereocenters. The zero-order valence-corrected chi connectivity index (χ0v) is 25.1. The Balaban J connectivity index is 1.48. The molecule has 6 aromatic rings. The van der Waals surface area contributed by atoms with Gasteiger partial charge in [-0.3, -0.25) is 9.59 Å². The number of carbonyl (C=O) groups excluding carboxylic acids is 2. The Kier molecular flexibility index (Phi) is 6.65. The van der Waals surface area contributed by atoms with Crippen molar-refractivity contribution >= 4 is 39.3 Å². The highest BCUT2D eigenvalue weighted by atomic mass is 19.4. The van der Waals surface area contributed by atoms with Crippen LogP contribution in [0.15, 0.2) is 91.0 Å². The molecule has 10 heteroatoms. The van der Waals surface area contributed by atoms with Crippen LogP contribution < -0.4 is 4.90 Å². The van der Waals surface area contributed by atoms with E-state index in [-0.39, 0.29) is 28.3 Å². The molecule has 0 fully saturated rings. The summed E-state index contributed by atoms with van der Waals surface area (Å²) in [7, 11) is 0. The molecule has 0 spiro atoms. The van der Waals surface area contributed by atoms with Crippen molar-refractivity contribution in [3.05, 3.63) is 130 Å². The number of fused-ring (bicyclic) bond motifs is 4. The number of hydrogen-bond acceptors (Lipinski definition) is 2. The van der Waals surface area contributed by atoms with Crippen molar-refractivity contribution in [2.45, 2.75) is 33.1 Å². The van der Waals surface area contributed by atoms with E-state index in [9.17, 15) is 35.9 Å². The second kappa shape index (κ2) is 10.3. The third kappa shape index (κ3) is 4.78. The number of nitrogens with zero attached hydrogens (tertiary/aromatic N) is 2. The highest BCUT2D eigenvalue weighted by Gasteiger charge is 2.41. The molecule has 1 aromatic heterocycles. The standard InChI is InChI=1S/C37H24F6N2O2/c1-19-13-20(2)33(21(3)14-19)45-34(46)28-8-6-10-30(32(28)35(45)47)44-29-9-5-4-7-26(29)27-12-11-22(17-31(27)44)23-15-24(36(38,39)40)18-25(16-23)37(41,42)43/h4-18H,1-3H3. The van der Waals surface area contributed by atoms with Gasteiger partial charge in [-0.25, -0.2) is 4.90 Å². The molecule has 0 bridgehead atoms. The summed E-state index contributed by atoms with van der Waals surface area (Å²) in [6.07, 6.45) is -10.0. The smallest absolute Gasteiger partial charge is 0.308 e. The number of imide groups is 1. The van der Waals surface area contributed by atoms with Gasteiger partial charge in [-0.05, 0) is 85.5 Å². The average Bonchev–Trinajstić information content (AvgIpc) is 3.46. The molecule has 1 aliphatic rings. The Morgan fingerprint density at radius 3 is 1.83 bits per heavy atom. The summed E-state index contributed by atoms with van der Waals surface area (Å²) in [6, 6.07) is 22.0.